The van der Waals surface area contributed by atoms with Crippen LogP contribution in [0.1, 0.15) is 25.7 Å². The van der Waals surface area contributed by atoms with E-state index in [1.807, 2.05) is 24.3 Å². The van der Waals surface area contributed by atoms with Crippen molar-refractivity contribution in [2.75, 3.05) is 23.3 Å². The number of halogens is 1. The number of fused-ring (bicyclic) bond motifs is 1. The summed E-state index contributed by atoms with van der Waals surface area (Å²) in [5, 5.41) is 7.82. The summed E-state index contributed by atoms with van der Waals surface area (Å²) in [6.45, 7) is 1.33. The van der Waals surface area contributed by atoms with Crippen molar-refractivity contribution in [3.8, 4) is 5.69 Å². The number of carbonyl (C=O) groups excluding carboxylic acids is 1. The molecule has 1 N–H and O–H groups in total. The van der Waals surface area contributed by atoms with Crippen LogP contribution in [-0.2, 0) is 4.74 Å². The van der Waals surface area contributed by atoms with Gasteiger partial charge in [-0.2, -0.15) is 13.8 Å². The standard InChI is InChI=1S/C24H23FN6O2S/c25-18-3-1-2-4-21(18)31-12-9-22(27-31)26-14-16-7-10-24(11-8-16)15-30(23(32)33-24)17-5-6-19-20(13-17)29-34-28-19/h1-6,9,12-13,16H,7-8,10-11,14-15H2,(H,26,27). The van der Waals surface area contributed by atoms with Gasteiger partial charge in [0.05, 0.1) is 18.3 Å². The molecular formula is C24H23FN6O2S. The number of para-hydroxylation sites is 1. The Balaban J connectivity index is 1.05. The summed E-state index contributed by atoms with van der Waals surface area (Å²) in [5.41, 5.74) is 2.42. The number of hydrogen-bond donors (Lipinski definition) is 1. The maximum absolute atomic E-state index is 14.0. The van der Waals surface area contributed by atoms with Gasteiger partial charge < -0.3 is 10.1 Å². The third kappa shape index (κ3) is 3.87. The van der Waals surface area contributed by atoms with Gasteiger partial charge in [0.25, 0.3) is 0 Å². The molecule has 6 rings (SSSR count). The van der Waals surface area contributed by atoms with Crippen molar-refractivity contribution in [3.63, 3.8) is 0 Å². The van der Waals surface area contributed by atoms with E-state index >= 15 is 0 Å². The molecule has 2 aromatic heterocycles. The Morgan fingerprint density at radius 3 is 2.79 bits per heavy atom. The van der Waals surface area contributed by atoms with Gasteiger partial charge in [0.1, 0.15) is 34.0 Å². The fourth-order valence-electron chi connectivity index (χ4n) is 4.87. The number of nitrogens with zero attached hydrogens (tertiary/aromatic N) is 5. The highest BCUT2D eigenvalue weighted by Gasteiger charge is 2.47. The van der Waals surface area contributed by atoms with Crippen molar-refractivity contribution >= 4 is 40.4 Å². The molecule has 1 saturated heterocycles. The number of hydrogen-bond acceptors (Lipinski definition) is 7. The van der Waals surface area contributed by atoms with E-state index in [1.165, 1.54) is 17.8 Å². The Morgan fingerprint density at radius 2 is 1.94 bits per heavy atom. The Morgan fingerprint density at radius 1 is 1.12 bits per heavy atom. The van der Waals surface area contributed by atoms with E-state index in [9.17, 15) is 9.18 Å². The van der Waals surface area contributed by atoms with Crippen molar-refractivity contribution in [1.29, 1.82) is 0 Å². The van der Waals surface area contributed by atoms with Crippen LogP contribution < -0.4 is 10.2 Å². The molecule has 8 nitrogen and oxygen atoms in total. The van der Waals surface area contributed by atoms with Crippen molar-refractivity contribution in [1.82, 2.24) is 18.5 Å². The number of ether oxygens (including phenoxy) is 1. The molecule has 1 aliphatic heterocycles. The van der Waals surface area contributed by atoms with Crippen LogP contribution in [0.15, 0.2) is 54.7 Å². The molecule has 10 heteroatoms. The van der Waals surface area contributed by atoms with Crippen LogP contribution in [0.5, 0.6) is 0 Å². The highest BCUT2D eigenvalue weighted by atomic mass is 32.1. The second-order valence-electron chi connectivity index (χ2n) is 9.00. The van der Waals surface area contributed by atoms with Gasteiger partial charge in [-0.3, -0.25) is 4.90 Å². The number of aromatic nitrogens is 4. The molecule has 3 heterocycles. The van der Waals surface area contributed by atoms with E-state index in [1.54, 1.807) is 34.0 Å². The number of anilines is 2. The fraction of sp³-hybridized carbons (Fsp3) is 0.333. The van der Waals surface area contributed by atoms with Crippen molar-refractivity contribution in [2.24, 2.45) is 5.92 Å². The van der Waals surface area contributed by atoms with Crippen LogP contribution in [0.3, 0.4) is 0 Å². The minimum atomic E-state index is -0.435. The average molecular weight is 479 g/mol. The second kappa shape index (κ2) is 8.35. The van der Waals surface area contributed by atoms with Gasteiger partial charge >= 0.3 is 6.09 Å². The smallest absolute Gasteiger partial charge is 0.415 e. The van der Waals surface area contributed by atoms with Crippen LogP contribution in [0, 0.1) is 11.7 Å². The monoisotopic (exact) mass is 478 g/mol. The van der Waals surface area contributed by atoms with Crippen LogP contribution in [0.4, 0.5) is 20.7 Å². The Labute approximate surface area is 199 Å². The molecule has 0 unspecified atom stereocenters. The first-order chi connectivity index (χ1) is 16.6. The van der Waals surface area contributed by atoms with E-state index in [0.29, 0.717) is 24.0 Å². The molecule has 0 bridgehead atoms. The lowest BCUT2D eigenvalue weighted by atomic mass is 9.78. The first-order valence-electron chi connectivity index (χ1n) is 11.4. The molecule has 1 saturated carbocycles. The normalized spacial score (nSPS) is 22.4. The summed E-state index contributed by atoms with van der Waals surface area (Å²) in [4.78, 5) is 14.4. The summed E-state index contributed by atoms with van der Waals surface area (Å²) in [6, 6.07) is 14.1. The van der Waals surface area contributed by atoms with Gasteiger partial charge in [-0.15, -0.1) is 0 Å². The van der Waals surface area contributed by atoms with Gasteiger partial charge in [0.15, 0.2) is 0 Å². The molecule has 2 aliphatic rings. The summed E-state index contributed by atoms with van der Waals surface area (Å²) < 4.78 is 29.9. The van der Waals surface area contributed by atoms with Crippen LogP contribution in [0.25, 0.3) is 16.7 Å². The summed E-state index contributed by atoms with van der Waals surface area (Å²) in [7, 11) is 0. The zero-order chi connectivity index (χ0) is 23.1. The second-order valence-corrected chi connectivity index (χ2v) is 9.52. The molecule has 2 aromatic carbocycles. The summed E-state index contributed by atoms with van der Waals surface area (Å²) >= 11 is 1.17. The zero-order valence-electron chi connectivity index (χ0n) is 18.4. The Hall–Kier alpha value is -3.53. The number of carbonyl (C=O) groups is 1. The van der Waals surface area contributed by atoms with E-state index < -0.39 is 5.60 Å². The average Bonchev–Trinajstić information content (AvgIpc) is 3.58. The lowest BCUT2D eigenvalue weighted by Gasteiger charge is -2.35. The van der Waals surface area contributed by atoms with Gasteiger partial charge in [-0.25, -0.2) is 13.9 Å². The van der Waals surface area contributed by atoms with Crippen LogP contribution in [-0.4, -0.2) is 43.3 Å². The molecule has 1 amide bonds. The van der Waals surface area contributed by atoms with Gasteiger partial charge in [-0.05, 0) is 61.9 Å². The molecule has 1 aliphatic carbocycles. The summed E-state index contributed by atoms with van der Waals surface area (Å²) in [5.74, 6) is 0.862. The SMILES string of the molecule is O=C1OC2(CCC(CNc3ccn(-c4ccccc4F)n3)CC2)CN1c1ccc2nsnc2c1. The predicted molar refractivity (Wildman–Crippen MR) is 128 cm³/mol. The molecule has 0 atom stereocenters. The maximum atomic E-state index is 14.0. The quantitative estimate of drug-likeness (QED) is 0.434. The molecule has 0 radical (unpaired) electrons. The Kier molecular flexibility index (Phi) is 5.17. The molecular weight excluding hydrogens is 455 g/mol. The van der Waals surface area contributed by atoms with Crippen molar-refractivity contribution in [2.45, 2.75) is 31.3 Å². The molecule has 2 fully saturated rings. The lowest BCUT2D eigenvalue weighted by Crippen LogP contribution is -2.39. The number of rotatable bonds is 5. The first kappa shape index (κ1) is 21.0. The predicted octanol–water partition coefficient (Wildman–Crippen LogP) is 5.01. The fourth-order valence-corrected chi connectivity index (χ4v) is 5.38. The highest BCUT2D eigenvalue weighted by molar-refractivity contribution is 7.00. The minimum Gasteiger partial charge on any atom is -0.441 e. The molecule has 4 aromatic rings. The van der Waals surface area contributed by atoms with E-state index in [4.69, 9.17) is 4.74 Å². The minimum absolute atomic E-state index is 0.294. The zero-order valence-corrected chi connectivity index (χ0v) is 19.2. The van der Waals surface area contributed by atoms with Crippen LogP contribution in [0.2, 0.25) is 0 Å². The molecule has 34 heavy (non-hydrogen) atoms. The highest BCUT2D eigenvalue weighted by Crippen LogP contribution is 2.41. The maximum Gasteiger partial charge on any atom is 0.415 e. The largest absolute Gasteiger partial charge is 0.441 e. The third-order valence-electron chi connectivity index (χ3n) is 6.80. The Bertz CT molecular complexity index is 1350. The molecule has 1 spiro atoms. The van der Waals surface area contributed by atoms with E-state index in [-0.39, 0.29) is 11.9 Å². The first-order valence-corrected chi connectivity index (χ1v) is 12.1. The van der Waals surface area contributed by atoms with Crippen molar-refractivity contribution < 1.29 is 13.9 Å². The third-order valence-corrected chi connectivity index (χ3v) is 7.35. The number of nitrogens with one attached hydrogen (secondary N) is 1. The topological polar surface area (TPSA) is 85.2 Å². The number of benzene rings is 2. The van der Waals surface area contributed by atoms with Crippen LogP contribution >= 0.6 is 11.7 Å². The number of amides is 1. The summed E-state index contributed by atoms with van der Waals surface area (Å²) in [6.07, 6.45) is 5.02. The van der Waals surface area contributed by atoms with Gasteiger partial charge in [0, 0.05) is 24.5 Å². The van der Waals surface area contributed by atoms with E-state index in [0.717, 1.165) is 48.9 Å². The van der Waals surface area contributed by atoms with Gasteiger partial charge in [0.2, 0.25) is 0 Å². The van der Waals surface area contributed by atoms with Gasteiger partial charge in [-0.1, -0.05) is 12.1 Å². The van der Waals surface area contributed by atoms with Crippen molar-refractivity contribution in [3.05, 3.63) is 60.5 Å². The van der Waals surface area contributed by atoms with E-state index in [2.05, 4.69) is 19.2 Å². The molecule has 174 valence electrons. The lowest BCUT2D eigenvalue weighted by molar-refractivity contribution is 0.0148.